The van der Waals surface area contributed by atoms with E-state index in [1.807, 2.05) is 0 Å². The van der Waals surface area contributed by atoms with Crippen LogP contribution in [0.4, 0.5) is 0 Å². The molecule has 2 rings (SSSR count). The average Bonchev–Trinajstić information content (AvgIpc) is 2.74. The van der Waals surface area contributed by atoms with Crippen LogP contribution >= 0.6 is 11.8 Å². The number of rotatable bonds is 2. The molecule has 1 amide bonds. The second-order valence-corrected chi connectivity index (χ2v) is 9.30. The molecule has 0 spiro atoms. The summed E-state index contributed by atoms with van der Waals surface area (Å²) in [6.07, 6.45) is 0.794. The largest absolute Gasteiger partial charge is 0.507 e. The van der Waals surface area contributed by atoms with Crippen molar-refractivity contribution in [2.45, 2.75) is 64.2 Å². The van der Waals surface area contributed by atoms with Crippen LogP contribution in [0.25, 0.3) is 0 Å². The predicted octanol–water partition coefficient (Wildman–Crippen LogP) is 3.72. The second-order valence-electron chi connectivity index (χ2n) is 8.11. The minimum atomic E-state index is -0.119. The first-order valence-electron chi connectivity index (χ1n) is 7.76. The molecule has 1 atom stereocenters. The van der Waals surface area contributed by atoms with Gasteiger partial charge in [0.2, 0.25) is 5.91 Å². The van der Waals surface area contributed by atoms with Crippen LogP contribution in [-0.2, 0) is 22.0 Å². The van der Waals surface area contributed by atoms with Crippen molar-refractivity contribution in [3.8, 4) is 5.75 Å². The Morgan fingerprint density at radius 3 is 2.00 bits per heavy atom. The molecule has 1 aromatic rings. The smallest absolute Gasteiger partial charge is 0.230 e. The van der Waals surface area contributed by atoms with Gasteiger partial charge in [0.15, 0.2) is 0 Å². The van der Waals surface area contributed by atoms with Crippen LogP contribution in [-0.4, -0.2) is 22.1 Å². The van der Waals surface area contributed by atoms with Gasteiger partial charge in [0, 0.05) is 6.42 Å². The third kappa shape index (κ3) is 3.78. The Morgan fingerprint density at radius 2 is 1.64 bits per heavy atom. The van der Waals surface area contributed by atoms with E-state index in [0.717, 1.165) is 17.5 Å². The minimum absolute atomic E-state index is 0.112. The molecule has 122 valence electrons. The number of carbonyl (C=O) groups excluding carboxylic acids is 1. The van der Waals surface area contributed by atoms with Crippen molar-refractivity contribution < 1.29 is 9.90 Å². The average molecular weight is 321 g/mol. The number of thioether (sulfide) groups is 1. The van der Waals surface area contributed by atoms with Gasteiger partial charge in [-0.25, -0.2) is 0 Å². The van der Waals surface area contributed by atoms with Gasteiger partial charge in [0.05, 0.1) is 11.1 Å². The second kappa shape index (κ2) is 5.80. The maximum atomic E-state index is 11.4. The number of nitrogens with one attached hydrogen (secondary N) is 1. The predicted molar refractivity (Wildman–Crippen MR) is 93.6 cm³/mol. The summed E-state index contributed by atoms with van der Waals surface area (Å²) >= 11 is 1.65. The van der Waals surface area contributed by atoms with E-state index < -0.39 is 0 Å². The topological polar surface area (TPSA) is 49.3 Å². The fourth-order valence-corrected chi connectivity index (χ4v) is 3.68. The van der Waals surface area contributed by atoms with E-state index >= 15 is 0 Å². The van der Waals surface area contributed by atoms with Crippen molar-refractivity contribution in [2.75, 3.05) is 5.75 Å². The zero-order valence-electron chi connectivity index (χ0n) is 14.4. The molecule has 1 aromatic carbocycles. The number of phenolic OH excluding ortho intramolecular Hbond substituents is 1. The lowest BCUT2D eigenvalue weighted by atomic mass is 9.78. The summed E-state index contributed by atoms with van der Waals surface area (Å²) in [5.41, 5.74) is 2.89. The first kappa shape index (κ1) is 17.2. The standard InChI is InChI=1S/C18H27NO2S/c1-17(2,3)12-7-11(9-15-19-14(20)10-22-15)8-13(16(12)21)18(4,5)6/h7-8,15,21H,9-10H2,1-6H3,(H,19,20)/t15-/m1/s1. The van der Waals surface area contributed by atoms with Crippen molar-refractivity contribution in [1.29, 1.82) is 0 Å². The number of amides is 1. The summed E-state index contributed by atoms with van der Waals surface area (Å²) < 4.78 is 0. The van der Waals surface area contributed by atoms with Crippen molar-refractivity contribution in [2.24, 2.45) is 0 Å². The highest BCUT2D eigenvalue weighted by Gasteiger charge is 2.28. The molecule has 0 aromatic heterocycles. The van der Waals surface area contributed by atoms with Crippen molar-refractivity contribution in [3.05, 3.63) is 28.8 Å². The molecule has 4 heteroatoms. The summed E-state index contributed by atoms with van der Waals surface area (Å²) in [5, 5.41) is 13.8. The zero-order valence-corrected chi connectivity index (χ0v) is 15.2. The number of hydrogen-bond donors (Lipinski definition) is 2. The first-order valence-corrected chi connectivity index (χ1v) is 8.81. The van der Waals surface area contributed by atoms with Gasteiger partial charge in [-0.05, 0) is 27.5 Å². The maximum Gasteiger partial charge on any atom is 0.230 e. The third-order valence-corrected chi connectivity index (χ3v) is 5.06. The van der Waals surface area contributed by atoms with Crippen LogP contribution in [0.2, 0.25) is 0 Å². The lowest BCUT2D eigenvalue weighted by molar-refractivity contribution is -0.118. The minimum Gasteiger partial charge on any atom is -0.507 e. The van der Waals surface area contributed by atoms with Crippen LogP contribution in [0.1, 0.15) is 58.2 Å². The Kier molecular flexibility index (Phi) is 4.54. The highest BCUT2D eigenvalue weighted by molar-refractivity contribution is 8.01. The van der Waals surface area contributed by atoms with E-state index in [2.05, 4.69) is 59.0 Å². The van der Waals surface area contributed by atoms with Gasteiger partial charge in [0.1, 0.15) is 5.75 Å². The van der Waals surface area contributed by atoms with E-state index in [1.54, 1.807) is 11.8 Å². The van der Waals surface area contributed by atoms with Crippen LogP contribution in [0.5, 0.6) is 5.75 Å². The number of aromatic hydroxyl groups is 1. The number of carbonyl (C=O) groups is 1. The molecule has 0 aliphatic carbocycles. The Morgan fingerprint density at radius 1 is 1.14 bits per heavy atom. The molecule has 1 heterocycles. The summed E-state index contributed by atoms with van der Waals surface area (Å²) in [6.45, 7) is 12.7. The summed E-state index contributed by atoms with van der Waals surface area (Å²) in [4.78, 5) is 11.4. The van der Waals surface area contributed by atoms with Gasteiger partial charge < -0.3 is 10.4 Å². The van der Waals surface area contributed by atoms with Crippen LogP contribution < -0.4 is 5.32 Å². The Bertz CT molecular complexity index is 547. The Balaban J connectivity index is 2.44. The number of benzene rings is 1. The van der Waals surface area contributed by atoms with Gasteiger partial charge in [-0.1, -0.05) is 53.7 Å². The number of hydrogen-bond acceptors (Lipinski definition) is 3. The summed E-state index contributed by atoms with van der Waals surface area (Å²) in [5.74, 6) is 1.06. The van der Waals surface area contributed by atoms with E-state index in [4.69, 9.17) is 0 Å². The molecule has 0 bridgehead atoms. The molecule has 1 aliphatic rings. The molecule has 1 saturated heterocycles. The van der Waals surface area contributed by atoms with E-state index in [0.29, 0.717) is 11.5 Å². The summed E-state index contributed by atoms with van der Waals surface area (Å²) in [6, 6.07) is 4.19. The molecule has 22 heavy (non-hydrogen) atoms. The van der Waals surface area contributed by atoms with Crippen LogP contribution in [0.3, 0.4) is 0 Å². The van der Waals surface area contributed by atoms with Gasteiger partial charge >= 0.3 is 0 Å². The fraction of sp³-hybridized carbons (Fsp3) is 0.611. The lowest BCUT2D eigenvalue weighted by Gasteiger charge is -2.28. The van der Waals surface area contributed by atoms with Crippen molar-refractivity contribution in [1.82, 2.24) is 5.32 Å². The molecular weight excluding hydrogens is 294 g/mol. The quantitative estimate of drug-likeness (QED) is 0.873. The molecule has 3 nitrogen and oxygen atoms in total. The maximum absolute atomic E-state index is 11.4. The zero-order chi connectivity index (χ0) is 16.7. The van der Waals surface area contributed by atoms with Gasteiger partial charge in [-0.3, -0.25) is 4.79 Å². The SMILES string of the molecule is CC(C)(C)c1cc(C[C@@H]2NC(=O)CS2)cc(C(C)(C)C)c1O. The van der Waals surface area contributed by atoms with Crippen LogP contribution in [0.15, 0.2) is 12.1 Å². The molecule has 0 saturated carbocycles. The molecule has 0 unspecified atom stereocenters. The first-order chi connectivity index (χ1) is 9.98. The van der Waals surface area contributed by atoms with Crippen molar-refractivity contribution in [3.63, 3.8) is 0 Å². The van der Waals surface area contributed by atoms with E-state index in [-0.39, 0.29) is 22.1 Å². The summed E-state index contributed by atoms with van der Waals surface area (Å²) in [7, 11) is 0. The Labute approximate surface area is 137 Å². The normalized spacial score (nSPS) is 19.4. The molecule has 1 fully saturated rings. The fourth-order valence-electron chi connectivity index (χ4n) is 2.72. The van der Waals surface area contributed by atoms with E-state index in [1.165, 1.54) is 5.56 Å². The molecule has 0 radical (unpaired) electrons. The van der Waals surface area contributed by atoms with Crippen molar-refractivity contribution >= 4 is 17.7 Å². The van der Waals surface area contributed by atoms with Crippen LogP contribution in [0, 0.1) is 0 Å². The molecule has 2 N–H and O–H groups in total. The monoisotopic (exact) mass is 321 g/mol. The molecular formula is C18H27NO2S. The lowest BCUT2D eigenvalue weighted by Crippen LogP contribution is -2.27. The van der Waals surface area contributed by atoms with Gasteiger partial charge in [-0.2, -0.15) is 0 Å². The van der Waals surface area contributed by atoms with Gasteiger partial charge in [-0.15, -0.1) is 11.8 Å². The highest BCUT2D eigenvalue weighted by Crippen LogP contribution is 2.40. The Hall–Kier alpha value is -1.16. The third-order valence-electron chi connectivity index (χ3n) is 3.94. The molecule has 1 aliphatic heterocycles. The van der Waals surface area contributed by atoms with Gasteiger partial charge in [0.25, 0.3) is 0 Å². The number of phenols is 1. The highest BCUT2D eigenvalue weighted by atomic mass is 32.2. The van der Waals surface area contributed by atoms with E-state index in [9.17, 15) is 9.90 Å².